The minimum Gasteiger partial charge on any atom is -0.490 e. The summed E-state index contributed by atoms with van der Waals surface area (Å²) >= 11 is 0. The number of aliphatic hydroxyl groups is 2. The van der Waals surface area contributed by atoms with Gasteiger partial charge in [-0.2, -0.15) is 0 Å². The monoisotopic (exact) mass is 566 g/mol. The average molecular weight is 567 g/mol. The van der Waals surface area contributed by atoms with Gasteiger partial charge in [0.25, 0.3) is 5.91 Å². The van der Waals surface area contributed by atoms with E-state index in [1.165, 1.54) is 6.42 Å². The fourth-order valence-corrected chi connectivity index (χ4v) is 5.59. The molecule has 214 valence electrons. The maximum Gasteiger partial charge on any atom is 0.264 e. The molecule has 0 aliphatic heterocycles. The van der Waals surface area contributed by atoms with Crippen LogP contribution in [0.2, 0.25) is 0 Å². The minimum atomic E-state index is -3.92. The van der Waals surface area contributed by atoms with Crippen LogP contribution in [0.1, 0.15) is 59.7 Å². The van der Waals surface area contributed by atoms with Gasteiger partial charge in [0, 0.05) is 17.7 Å². The van der Waals surface area contributed by atoms with Crippen LogP contribution in [0, 0.1) is 0 Å². The number of aliphatic hydroxyl groups excluding tert-OH is 2. The van der Waals surface area contributed by atoms with Crippen molar-refractivity contribution in [1.82, 2.24) is 10.0 Å². The van der Waals surface area contributed by atoms with Crippen LogP contribution in [0.15, 0.2) is 72.8 Å². The normalized spacial score (nSPS) is 14.9. The van der Waals surface area contributed by atoms with Gasteiger partial charge in [-0.05, 0) is 73.5 Å². The first-order valence-corrected chi connectivity index (χ1v) is 15.5. The van der Waals surface area contributed by atoms with Gasteiger partial charge in [-0.3, -0.25) is 4.79 Å². The van der Waals surface area contributed by atoms with Crippen LogP contribution in [-0.4, -0.2) is 56.1 Å². The molecule has 1 atom stereocenters. The van der Waals surface area contributed by atoms with Crippen LogP contribution < -0.4 is 14.8 Å². The third kappa shape index (κ3) is 8.63. The average Bonchev–Trinajstić information content (AvgIpc) is 2.96. The van der Waals surface area contributed by atoms with Crippen molar-refractivity contribution in [1.29, 1.82) is 0 Å². The SMILES string of the molecule is O=C(NS(=O)(=O)CCO)c1ccc(-c2ccc(CCNC[C@H](O)c3ccccc3)cc2)c(OC2CCCCC2)c1. The highest BCUT2D eigenvalue weighted by molar-refractivity contribution is 7.90. The summed E-state index contributed by atoms with van der Waals surface area (Å²) in [4.78, 5) is 12.7. The number of amides is 1. The zero-order valence-electron chi connectivity index (χ0n) is 22.6. The number of carbonyl (C=O) groups is 1. The number of hydrogen-bond donors (Lipinski definition) is 4. The zero-order chi connectivity index (χ0) is 28.4. The molecule has 1 amide bonds. The Bertz CT molecular complexity index is 1340. The molecule has 4 N–H and O–H groups in total. The third-order valence-corrected chi connectivity index (χ3v) is 8.29. The molecule has 0 spiro atoms. The molecule has 0 heterocycles. The highest BCUT2D eigenvalue weighted by Gasteiger charge is 2.21. The molecule has 1 saturated carbocycles. The van der Waals surface area contributed by atoms with Crippen molar-refractivity contribution in [2.75, 3.05) is 25.4 Å². The smallest absolute Gasteiger partial charge is 0.264 e. The molecule has 1 aliphatic rings. The van der Waals surface area contributed by atoms with Crippen molar-refractivity contribution in [2.24, 2.45) is 0 Å². The first-order chi connectivity index (χ1) is 19.3. The summed E-state index contributed by atoms with van der Waals surface area (Å²) in [6.45, 7) is 0.632. The molecule has 9 heteroatoms. The van der Waals surface area contributed by atoms with Crippen molar-refractivity contribution < 1.29 is 28.2 Å². The fraction of sp³-hybridized carbons (Fsp3) is 0.387. The van der Waals surface area contributed by atoms with Gasteiger partial charge in [-0.15, -0.1) is 0 Å². The van der Waals surface area contributed by atoms with Crippen molar-refractivity contribution in [3.8, 4) is 16.9 Å². The second-order valence-electron chi connectivity index (χ2n) is 10.1. The van der Waals surface area contributed by atoms with Crippen LogP contribution in [0.4, 0.5) is 0 Å². The van der Waals surface area contributed by atoms with Crippen molar-refractivity contribution >= 4 is 15.9 Å². The lowest BCUT2D eigenvalue weighted by atomic mass is 9.97. The standard InChI is InChI=1S/C31H38N2O6S/c34-19-20-40(37,38)33-31(36)26-15-16-28(30(21-26)39-27-9-5-2-6-10-27)24-13-11-23(12-14-24)17-18-32-22-29(35)25-7-3-1-4-8-25/h1,3-4,7-8,11-16,21,27,29,32,34-35H,2,5-6,9-10,17-20,22H2,(H,33,36)/t29-/m0/s1. The molecule has 0 bridgehead atoms. The molecule has 0 unspecified atom stereocenters. The Morgan fingerprint density at radius 3 is 2.40 bits per heavy atom. The van der Waals surface area contributed by atoms with E-state index in [2.05, 4.69) is 17.4 Å². The van der Waals surface area contributed by atoms with Gasteiger partial charge in [0.2, 0.25) is 10.0 Å². The highest BCUT2D eigenvalue weighted by Crippen LogP contribution is 2.34. The molecular weight excluding hydrogens is 528 g/mol. The van der Waals surface area contributed by atoms with Gasteiger partial charge in [0.15, 0.2) is 0 Å². The number of nitrogens with one attached hydrogen (secondary N) is 2. The van der Waals surface area contributed by atoms with E-state index in [4.69, 9.17) is 9.84 Å². The third-order valence-electron chi connectivity index (χ3n) is 7.08. The molecule has 0 aromatic heterocycles. The summed E-state index contributed by atoms with van der Waals surface area (Å²) in [5, 5.41) is 22.6. The van der Waals surface area contributed by atoms with Crippen molar-refractivity contribution in [2.45, 2.75) is 50.7 Å². The summed E-state index contributed by atoms with van der Waals surface area (Å²) < 4.78 is 32.4. The van der Waals surface area contributed by atoms with Crippen molar-refractivity contribution in [3.63, 3.8) is 0 Å². The van der Waals surface area contributed by atoms with Crippen LogP contribution in [0.5, 0.6) is 5.75 Å². The molecule has 3 aromatic rings. The lowest BCUT2D eigenvalue weighted by molar-refractivity contribution is 0.0980. The topological polar surface area (TPSA) is 125 Å². The number of sulfonamides is 1. The Balaban J connectivity index is 1.43. The van der Waals surface area contributed by atoms with E-state index in [0.717, 1.165) is 60.9 Å². The molecule has 1 aliphatic carbocycles. The maximum absolute atomic E-state index is 12.7. The Kier molecular flexibility index (Phi) is 10.7. The van der Waals surface area contributed by atoms with E-state index >= 15 is 0 Å². The second-order valence-corrected chi connectivity index (χ2v) is 12.0. The summed E-state index contributed by atoms with van der Waals surface area (Å²) in [6, 6.07) is 22.7. The van der Waals surface area contributed by atoms with Gasteiger partial charge in [0.1, 0.15) is 5.75 Å². The summed E-state index contributed by atoms with van der Waals surface area (Å²) in [6.07, 6.45) is 5.52. The first-order valence-electron chi connectivity index (χ1n) is 13.8. The van der Waals surface area contributed by atoms with Crippen LogP contribution >= 0.6 is 0 Å². The Hall–Kier alpha value is -3.24. The lowest BCUT2D eigenvalue weighted by Crippen LogP contribution is -2.33. The van der Waals surface area contributed by atoms with Crippen molar-refractivity contribution in [3.05, 3.63) is 89.5 Å². The number of ether oxygens (including phenoxy) is 1. The Labute approximate surface area is 236 Å². The van der Waals surface area contributed by atoms with E-state index < -0.39 is 34.4 Å². The molecule has 0 radical (unpaired) electrons. The minimum absolute atomic E-state index is 0.0421. The van der Waals surface area contributed by atoms with E-state index in [1.807, 2.05) is 47.2 Å². The number of rotatable bonds is 13. The van der Waals surface area contributed by atoms with Gasteiger partial charge >= 0.3 is 0 Å². The quantitative estimate of drug-likeness (QED) is 0.231. The summed E-state index contributed by atoms with van der Waals surface area (Å²) in [5.41, 5.74) is 3.97. The zero-order valence-corrected chi connectivity index (χ0v) is 23.4. The van der Waals surface area contributed by atoms with Gasteiger partial charge < -0.3 is 20.3 Å². The Morgan fingerprint density at radius 2 is 1.70 bits per heavy atom. The predicted octanol–water partition coefficient (Wildman–Crippen LogP) is 3.98. The molecule has 4 rings (SSSR count). The van der Waals surface area contributed by atoms with Gasteiger partial charge in [0.05, 0.1) is 24.6 Å². The number of hydrogen-bond acceptors (Lipinski definition) is 7. The lowest BCUT2D eigenvalue weighted by Gasteiger charge is -2.25. The first kappa shape index (κ1) is 29.7. The van der Waals surface area contributed by atoms with Crippen LogP contribution in [0.3, 0.4) is 0 Å². The largest absolute Gasteiger partial charge is 0.490 e. The maximum atomic E-state index is 12.7. The molecule has 3 aromatic carbocycles. The Morgan fingerprint density at radius 1 is 0.975 bits per heavy atom. The molecule has 1 fully saturated rings. The number of benzene rings is 3. The van der Waals surface area contributed by atoms with E-state index in [0.29, 0.717) is 12.3 Å². The molecular formula is C31H38N2O6S. The summed E-state index contributed by atoms with van der Waals surface area (Å²) in [7, 11) is -3.92. The molecule has 0 saturated heterocycles. The predicted molar refractivity (Wildman–Crippen MR) is 156 cm³/mol. The van der Waals surface area contributed by atoms with E-state index in [9.17, 15) is 18.3 Å². The summed E-state index contributed by atoms with van der Waals surface area (Å²) in [5.74, 6) is -0.755. The number of carbonyl (C=O) groups excluding carboxylic acids is 1. The van der Waals surface area contributed by atoms with E-state index in [-0.39, 0.29) is 11.7 Å². The second kappa shape index (κ2) is 14.4. The molecule has 8 nitrogen and oxygen atoms in total. The van der Waals surface area contributed by atoms with Gasteiger partial charge in [-0.25, -0.2) is 13.1 Å². The van der Waals surface area contributed by atoms with E-state index in [1.54, 1.807) is 18.2 Å². The van der Waals surface area contributed by atoms with Gasteiger partial charge in [-0.1, -0.05) is 61.0 Å². The molecule has 40 heavy (non-hydrogen) atoms. The fourth-order valence-electron chi connectivity index (χ4n) is 4.85. The van der Waals surface area contributed by atoms with Crippen LogP contribution in [-0.2, 0) is 16.4 Å². The van der Waals surface area contributed by atoms with Crippen LogP contribution in [0.25, 0.3) is 11.1 Å². The highest BCUT2D eigenvalue weighted by atomic mass is 32.2.